The number of aryl methyl sites for hydroxylation is 2. The lowest BCUT2D eigenvalue weighted by Crippen LogP contribution is -2.31. The molecule has 4 heteroatoms. The number of nitrogens with zero attached hydrogens (tertiary/aromatic N) is 2. The summed E-state index contributed by atoms with van der Waals surface area (Å²) in [7, 11) is 4.07. The molecule has 1 aliphatic rings. The van der Waals surface area contributed by atoms with Crippen molar-refractivity contribution in [3.63, 3.8) is 0 Å². The molecule has 0 aromatic carbocycles. The Bertz CT molecular complexity index is 356. The number of aromatic nitrogens is 2. The van der Waals surface area contributed by atoms with Gasteiger partial charge in [-0.3, -0.25) is 4.68 Å². The van der Waals surface area contributed by atoms with Gasteiger partial charge in [0.25, 0.3) is 0 Å². The van der Waals surface area contributed by atoms with Crippen molar-refractivity contribution >= 4 is 0 Å². The number of likely N-dealkylation sites (N-methyl/N-ethyl adjacent to an activating group) is 1. The fourth-order valence-electron chi connectivity index (χ4n) is 2.58. The molecule has 0 radical (unpaired) electrons. The predicted octanol–water partition coefficient (Wildman–Crippen LogP) is 1.29. The number of ether oxygens (including phenoxy) is 1. The first-order valence-corrected chi connectivity index (χ1v) is 6.43. The molecule has 0 bridgehead atoms. The van der Waals surface area contributed by atoms with E-state index in [1.165, 1.54) is 18.5 Å². The van der Waals surface area contributed by atoms with Crippen molar-refractivity contribution in [3.8, 4) is 0 Å². The molecule has 2 rings (SSSR count). The molecule has 0 spiro atoms. The number of nitrogens with one attached hydrogen (secondary N) is 1. The van der Waals surface area contributed by atoms with E-state index in [4.69, 9.17) is 4.74 Å². The maximum atomic E-state index is 5.44. The molecule has 2 heterocycles. The third-order valence-electron chi connectivity index (χ3n) is 3.60. The zero-order valence-corrected chi connectivity index (χ0v) is 11.1. The quantitative estimate of drug-likeness (QED) is 0.838. The molecule has 1 aromatic heterocycles. The number of hydrogen-bond donors (Lipinski definition) is 1. The Labute approximate surface area is 103 Å². The Morgan fingerprint density at radius 3 is 3.00 bits per heavy atom. The van der Waals surface area contributed by atoms with Crippen LogP contribution < -0.4 is 5.32 Å². The summed E-state index contributed by atoms with van der Waals surface area (Å²) in [5.41, 5.74) is 2.40. The molecule has 1 N–H and O–H groups in total. The summed E-state index contributed by atoms with van der Waals surface area (Å²) in [5.74, 6) is 0.724. The van der Waals surface area contributed by atoms with Gasteiger partial charge in [0.05, 0.1) is 5.69 Å². The molecule has 1 saturated heterocycles. The minimum Gasteiger partial charge on any atom is -0.381 e. The second-order valence-electron chi connectivity index (χ2n) is 5.06. The highest BCUT2D eigenvalue weighted by Crippen LogP contribution is 2.20. The average molecular weight is 237 g/mol. The van der Waals surface area contributed by atoms with Gasteiger partial charge in [-0.1, -0.05) is 0 Å². The van der Waals surface area contributed by atoms with E-state index in [-0.39, 0.29) is 0 Å². The van der Waals surface area contributed by atoms with E-state index >= 15 is 0 Å². The van der Waals surface area contributed by atoms with Crippen LogP contribution in [0.4, 0.5) is 0 Å². The van der Waals surface area contributed by atoms with Crippen molar-refractivity contribution in [2.45, 2.75) is 32.2 Å². The molecule has 0 aliphatic carbocycles. The summed E-state index contributed by atoms with van der Waals surface area (Å²) >= 11 is 0. The lowest BCUT2D eigenvalue weighted by atomic mass is 9.96. The average Bonchev–Trinajstić information content (AvgIpc) is 2.88. The Balaban J connectivity index is 1.92. The lowest BCUT2D eigenvalue weighted by Gasteiger charge is -2.19. The first-order valence-electron chi connectivity index (χ1n) is 6.43. The van der Waals surface area contributed by atoms with Crippen LogP contribution in [0.1, 0.15) is 24.2 Å². The molecular formula is C13H23N3O. The van der Waals surface area contributed by atoms with Crippen molar-refractivity contribution < 1.29 is 4.74 Å². The third kappa shape index (κ3) is 3.30. The van der Waals surface area contributed by atoms with Gasteiger partial charge in [0.2, 0.25) is 0 Å². The summed E-state index contributed by atoms with van der Waals surface area (Å²) in [6.45, 7) is 3.91. The van der Waals surface area contributed by atoms with Crippen LogP contribution in [0.3, 0.4) is 0 Å². The van der Waals surface area contributed by atoms with E-state index in [9.17, 15) is 0 Å². The Morgan fingerprint density at radius 2 is 2.47 bits per heavy atom. The highest BCUT2D eigenvalue weighted by Gasteiger charge is 2.20. The Kier molecular flexibility index (Phi) is 4.18. The van der Waals surface area contributed by atoms with E-state index in [0.29, 0.717) is 6.04 Å². The molecule has 1 aromatic rings. The van der Waals surface area contributed by atoms with E-state index < -0.39 is 0 Å². The SMILES string of the molecule is CNC(Cc1cc(C)nn1C)CC1CCOC1. The monoisotopic (exact) mass is 237 g/mol. The van der Waals surface area contributed by atoms with Crippen molar-refractivity contribution in [2.75, 3.05) is 20.3 Å². The van der Waals surface area contributed by atoms with Crippen LogP contribution in [0.2, 0.25) is 0 Å². The first-order chi connectivity index (χ1) is 8.19. The van der Waals surface area contributed by atoms with Crippen LogP contribution in [-0.4, -0.2) is 36.1 Å². The van der Waals surface area contributed by atoms with E-state index in [0.717, 1.165) is 31.2 Å². The highest BCUT2D eigenvalue weighted by atomic mass is 16.5. The summed E-state index contributed by atoms with van der Waals surface area (Å²) in [6.07, 6.45) is 3.45. The standard InChI is InChI=1S/C13H23N3O/c1-10-6-13(16(3)15-10)8-12(14-2)7-11-4-5-17-9-11/h6,11-12,14H,4-5,7-9H2,1-3H3. The topological polar surface area (TPSA) is 39.1 Å². The van der Waals surface area contributed by atoms with Gasteiger partial charge in [0.1, 0.15) is 0 Å². The van der Waals surface area contributed by atoms with Gasteiger partial charge in [-0.2, -0.15) is 5.10 Å². The molecule has 96 valence electrons. The van der Waals surface area contributed by atoms with E-state index in [2.05, 4.69) is 16.5 Å². The summed E-state index contributed by atoms with van der Waals surface area (Å²) in [6, 6.07) is 2.70. The second kappa shape index (κ2) is 5.65. The number of rotatable bonds is 5. The molecule has 0 saturated carbocycles. The highest BCUT2D eigenvalue weighted by molar-refractivity contribution is 5.10. The van der Waals surface area contributed by atoms with Crippen molar-refractivity contribution in [1.29, 1.82) is 0 Å². The fraction of sp³-hybridized carbons (Fsp3) is 0.769. The minimum atomic E-state index is 0.525. The first kappa shape index (κ1) is 12.6. The van der Waals surface area contributed by atoms with Gasteiger partial charge < -0.3 is 10.1 Å². The van der Waals surface area contributed by atoms with E-state index in [1.807, 2.05) is 25.7 Å². The zero-order chi connectivity index (χ0) is 12.3. The van der Waals surface area contributed by atoms with Gasteiger partial charge in [-0.25, -0.2) is 0 Å². The van der Waals surface area contributed by atoms with Crippen molar-refractivity contribution in [1.82, 2.24) is 15.1 Å². The molecule has 17 heavy (non-hydrogen) atoms. The van der Waals surface area contributed by atoms with Crippen molar-refractivity contribution in [2.24, 2.45) is 13.0 Å². The van der Waals surface area contributed by atoms with Gasteiger partial charge in [0, 0.05) is 38.4 Å². The summed E-state index contributed by atoms with van der Waals surface area (Å²) in [4.78, 5) is 0. The fourth-order valence-corrected chi connectivity index (χ4v) is 2.58. The van der Waals surface area contributed by atoms with Crippen LogP contribution in [0.25, 0.3) is 0 Å². The molecule has 1 fully saturated rings. The minimum absolute atomic E-state index is 0.525. The maximum absolute atomic E-state index is 5.44. The maximum Gasteiger partial charge on any atom is 0.0596 e. The molecule has 2 atom stereocenters. The predicted molar refractivity (Wildman–Crippen MR) is 68.0 cm³/mol. The molecular weight excluding hydrogens is 214 g/mol. The largest absolute Gasteiger partial charge is 0.381 e. The lowest BCUT2D eigenvalue weighted by molar-refractivity contribution is 0.181. The summed E-state index contributed by atoms with van der Waals surface area (Å²) in [5, 5.41) is 7.81. The molecule has 2 unspecified atom stereocenters. The third-order valence-corrected chi connectivity index (χ3v) is 3.60. The number of hydrogen-bond acceptors (Lipinski definition) is 3. The summed E-state index contributed by atoms with van der Waals surface area (Å²) < 4.78 is 7.43. The van der Waals surface area contributed by atoms with Crippen LogP contribution in [0, 0.1) is 12.8 Å². The van der Waals surface area contributed by atoms with Crippen LogP contribution >= 0.6 is 0 Å². The van der Waals surface area contributed by atoms with Gasteiger partial charge in [-0.05, 0) is 38.8 Å². The second-order valence-corrected chi connectivity index (χ2v) is 5.06. The van der Waals surface area contributed by atoms with Crippen molar-refractivity contribution in [3.05, 3.63) is 17.5 Å². The smallest absolute Gasteiger partial charge is 0.0596 e. The Morgan fingerprint density at radius 1 is 1.65 bits per heavy atom. The molecule has 4 nitrogen and oxygen atoms in total. The molecule has 1 aliphatic heterocycles. The van der Waals surface area contributed by atoms with E-state index in [1.54, 1.807) is 0 Å². The normalized spacial score (nSPS) is 21.9. The molecule has 0 amide bonds. The Hall–Kier alpha value is -0.870. The zero-order valence-electron chi connectivity index (χ0n) is 11.1. The van der Waals surface area contributed by atoms with Gasteiger partial charge >= 0.3 is 0 Å². The van der Waals surface area contributed by atoms with Gasteiger partial charge in [-0.15, -0.1) is 0 Å². The van der Waals surface area contributed by atoms with Crippen LogP contribution in [0.5, 0.6) is 0 Å². The van der Waals surface area contributed by atoms with Crippen LogP contribution in [-0.2, 0) is 18.2 Å². The van der Waals surface area contributed by atoms with Crippen LogP contribution in [0.15, 0.2) is 6.07 Å². The van der Waals surface area contributed by atoms with Gasteiger partial charge in [0.15, 0.2) is 0 Å².